The molecule has 1 aliphatic carbocycles. The van der Waals surface area contributed by atoms with Gasteiger partial charge < -0.3 is 20.2 Å². The smallest absolute Gasteiger partial charge is 0.231 e. The van der Waals surface area contributed by atoms with Crippen molar-refractivity contribution in [2.24, 2.45) is 0 Å². The van der Waals surface area contributed by atoms with Crippen LogP contribution in [0.5, 0.6) is 0 Å². The number of fused-ring (bicyclic) bond motifs is 1. The number of piperazine rings is 1. The Labute approximate surface area is 207 Å². The van der Waals surface area contributed by atoms with Gasteiger partial charge in [-0.3, -0.25) is 4.79 Å². The Kier molecular flexibility index (Phi) is 7.49. The van der Waals surface area contributed by atoms with Crippen molar-refractivity contribution < 1.29 is 14.3 Å². The van der Waals surface area contributed by atoms with E-state index in [1.165, 1.54) is 12.4 Å². The highest BCUT2D eigenvalue weighted by molar-refractivity contribution is 14.1. The fourth-order valence-corrected chi connectivity index (χ4v) is 5.08. The monoisotopic (exact) mass is 567 g/mol. The first-order chi connectivity index (χ1) is 15.8. The number of amides is 1. The topological polar surface area (TPSA) is 81.6 Å². The maximum Gasteiger partial charge on any atom is 0.231 e. The first kappa shape index (κ1) is 24.3. The number of aliphatic hydroxyl groups excluding tert-OH is 1. The normalized spacial score (nSPS) is 21.4. The number of aromatic nitrogens is 2. The summed E-state index contributed by atoms with van der Waals surface area (Å²) in [5.41, 5.74) is 2.45. The van der Waals surface area contributed by atoms with Crippen molar-refractivity contribution in [1.82, 2.24) is 20.2 Å². The standard InChI is InChI=1S/C24H31FIN5O2/c1-14(2)27-12-17(16-4-5-19(26)18(25)11-16)24(33)31-8-6-30(7-9-31)23-21-15(3)10-20(32)22(21)28-13-29-23/h4-5,11,13-15,17,20,27,32H,6-10,12H2,1-3H3/t15-,17-,20+/m1/s1. The molecule has 1 aromatic heterocycles. The molecule has 2 heterocycles. The molecule has 4 rings (SSSR count). The minimum absolute atomic E-state index is 0.0140. The molecule has 0 bridgehead atoms. The summed E-state index contributed by atoms with van der Waals surface area (Å²) in [5.74, 6) is 0.347. The van der Waals surface area contributed by atoms with Crippen LogP contribution in [0.25, 0.3) is 0 Å². The summed E-state index contributed by atoms with van der Waals surface area (Å²) in [6.07, 6.45) is 1.64. The Hall–Kier alpha value is -1.85. The molecule has 1 saturated heterocycles. The molecule has 1 aliphatic heterocycles. The third kappa shape index (κ3) is 5.14. The van der Waals surface area contributed by atoms with Crippen molar-refractivity contribution in [3.8, 4) is 0 Å². The summed E-state index contributed by atoms with van der Waals surface area (Å²) in [7, 11) is 0. The van der Waals surface area contributed by atoms with Crippen LogP contribution < -0.4 is 10.2 Å². The zero-order valence-electron chi connectivity index (χ0n) is 19.3. The molecule has 1 amide bonds. The lowest BCUT2D eigenvalue weighted by molar-refractivity contribution is -0.133. The van der Waals surface area contributed by atoms with Crippen LogP contribution in [0.2, 0.25) is 0 Å². The molecule has 2 aromatic rings. The SMILES string of the molecule is CC(C)NC[C@@H](C(=O)N1CCN(c2ncnc3c2[C@H](C)C[C@@H]3O)CC1)c1ccc(I)c(F)c1. The summed E-state index contributed by atoms with van der Waals surface area (Å²) in [5, 5.41) is 13.6. The number of carbonyl (C=O) groups excluding carboxylic acids is 1. The molecule has 178 valence electrons. The van der Waals surface area contributed by atoms with Crippen molar-refractivity contribution in [2.45, 2.75) is 51.2 Å². The highest BCUT2D eigenvalue weighted by atomic mass is 127. The number of anilines is 1. The summed E-state index contributed by atoms with van der Waals surface area (Å²) in [6.45, 7) is 9.07. The third-order valence-electron chi connectivity index (χ3n) is 6.54. The van der Waals surface area contributed by atoms with Gasteiger partial charge in [-0.1, -0.05) is 26.8 Å². The lowest BCUT2D eigenvalue weighted by Gasteiger charge is -2.38. The Morgan fingerprint density at radius 1 is 1.27 bits per heavy atom. The van der Waals surface area contributed by atoms with E-state index in [2.05, 4.69) is 27.1 Å². The largest absolute Gasteiger partial charge is 0.387 e. The molecule has 9 heteroatoms. The molecule has 0 radical (unpaired) electrons. The Morgan fingerprint density at radius 2 is 2.00 bits per heavy atom. The maximum absolute atomic E-state index is 14.3. The van der Waals surface area contributed by atoms with Crippen molar-refractivity contribution in [1.29, 1.82) is 0 Å². The first-order valence-corrected chi connectivity index (χ1v) is 12.6. The molecule has 33 heavy (non-hydrogen) atoms. The van der Waals surface area contributed by atoms with Gasteiger partial charge in [0, 0.05) is 47.9 Å². The highest BCUT2D eigenvalue weighted by Crippen LogP contribution is 2.42. The van der Waals surface area contributed by atoms with Crippen molar-refractivity contribution in [3.05, 3.63) is 50.7 Å². The predicted octanol–water partition coefficient (Wildman–Crippen LogP) is 3.19. The molecule has 0 unspecified atom stereocenters. The van der Waals surface area contributed by atoms with Crippen molar-refractivity contribution in [2.75, 3.05) is 37.6 Å². The van der Waals surface area contributed by atoms with Crippen molar-refractivity contribution >= 4 is 34.3 Å². The Morgan fingerprint density at radius 3 is 2.67 bits per heavy atom. The van der Waals surface area contributed by atoms with E-state index >= 15 is 0 Å². The van der Waals surface area contributed by atoms with Gasteiger partial charge >= 0.3 is 0 Å². The quantitative estimate of drug-likeness (QED) is 0.523. The minimum atomic E-state index is -0.539. The summed E-state index contributed by atoms with van der Waals surface area (Å²) in [4.78, 5) is 26.4. The lowest BCUT2D eigenvalue weighted by atomic mass is 9.96. The third-order valence-corrected chi connectivity index (χ3v) is 7.42. The second kappa shape index (κ2) is 10.2. The minimum Gasteiger partial charge on any atom is -0.387 e. The van der Waals surface area contributed by atoms with Crippen LogP contribution in [-0.2, 0) is 4.79 Å². The number of nitrogens with zero attached hydrogens (tertiary/aromatic N) is 4. The van der Waals surface area contributed by atoms with Gasteiger partial charge in [0.05, 0.1) is 17.7 Å². The van der Waals surface area contributed by atoms with E-state index in [9.17, 15) is 14.3 Å². The van der Waals surface area contributed by atoms with E-state index < -0.39 is 12.0 Å². The molecule has 0 spiro atoms. The zero-order valence-corrected chi connectivity index (χ0v) is 21.4. The van der Waals surface area contributed by atoms with E-state index in [-0.39, 0.29) is 23.7 Å². The van der Waals surface area contributed by atoms with Gasteiger partial charge in [-0.15, -0.1) is 0 Å². The Bertz CT molecular complexity index is 1010. The van der Waals surface area contributed by atoms with Gasteiger partial charge in [0.2, 0.25) is 5.91 Å². The van der Waals surface area contributed by atoms with Gasteiger partial charge in [0.15, 0.2) is 0 Å². The molecule has 2 N–H and O–H groups in total. The number of carbonyl (C=O) groups is 1. The molecular formula is C24H31FIN5O2. The van der Waals surface area contributed by atoms with Crippen LogP contribution in [0, 0.1) is 9.39 Å². The predicted molar refractivity (Wildman–Crippen MR) is 134 cm³/mol. The zero-order chi connectivity index (χ0) is 23.7. The number of hydrogen-bond acceptors (Lipinski definition) is 6. The molecule has 1 aromatic carbocycles. The number of benzene rings is 1. The number of halogens is 2. The first-order valence-electron chi connectivity index (χ1n) is 11.5. The van der Waals surface area contributed by atoms with E-state index in [0.29, 0.717) is 48.3 Å². The van der Waals surface area contributed by atoms with Crippen LogP contribution in [0.3, 0.4) is 0 Å². The molecule has 7 nitrogen and oxygen atoms in total. The highest BCUT2D eigenvalue weighted by Gasteiger charge is 2.35. The van der Waals surface area contributed by atoms with Crippen LogP contribution in [-0.4, -0.2) is 64.6 Å². The molecular weight excluding hydrogens is 536 g/mol. The van der Waals surface area contributed by atoms with Crippen molar-refractivity contribution in [3.63, 3.8) is 0 Å². The Balaban J connectivity index is 1.49. The molecule has 1 fully saturated rings. The lowest BCUT2D eigenvalue weighted by Crippen LogP contribution is -2.51. The second-order valence-corrected chi connectivity index (χ2v) is 10.4. The van der Waals surface area contributed by atoms with Gasteiger partial charge in [-0.2, -0.15) is 0 Å². The number of hydrogen-bond donors (Lipinski definition) is 2. The maximum atomic E-state index is 14.3. The number of aliphatic hydroxyl groups is 1. The molecule has 3 atom stereocenters. The summed E-state index contributed by atoms with van der Waals surface area (Å²) in [6, 6.07) is 5.29. The van der Waals surface area contributed by atoms with E-state index in [4.69, 9.17) is 0 Å². The van der Waals surface area contributed by atoms with E-state index in [1.54, 1.807) is 6.07 Å². The van der Waals surface area contributed by atoms with E-state index in [1.807, 2.05) is 47.4 Å². The fraction of sp³-hybridized carbons (Fsp3) is 0.542. The summed E-state index contributed by atoms with van der Waals surface area (Å²) < 4.78 is 14.8. The van der Waals surface area contributed by atoms with E-state index in [0.717, 1.165) is 17.1 Å². The van der Waals surface area contributed by atoms with Crippen LogP contribution in [0.1, 0.15) is 62.0 Å². The number of nitrogens with one attached hydrogen (secondary N) is 1. The van der Waals surface area contributed by atoms with Gasteiger partial charge in [-0.05, 0) is 52.6 Å². The average molecular weight is 567 g/mol. The molecule has 2 aliphatic rings. The fourth-order valence-electron chi connectivity index (χ4n) is 4.74. The summed E-state index contributed by atoms with van der Waals surface area (Å²) >= 11 is 1.96. The molecule has 0 saturated carbocycles. The van der Waals surface area contributed by atoms with Gasteiger partial charge in [0.25, 0.3) is 0 Å². The van der Waals surface area contributed by atoms with Crippen LogP contribution >= 0.6 is 22.6 Å². The second-order valence-electron chi connectivity index (χ2n) is 9.25. The average Bonchev–Trinajstić information content (AvgIpc) is 3.09. The van der Waals surface area contributed by atoms with Gasteiger partial charge in [-0.25, -0.2) is 14.4 Å². The van der Waals surface area contributed by atoms with Crippen LogP contribution in [0.4, 0.5) is 10.2 Å². The van der Waals surface area contributed by atoms with Crippen LogP contribution in [0.15, 0.2) is 24.5 Å². The number of rotatable bonds is 6. The van der Waals surface area contributed by atoms with Gasteiger partial charge in [0.1, 0.15) is 18.0 Å².